The number of fused-ring (bicyclic) bond motifs is 1. The first-order valence-electron chi connectivity index (χ1n) is 9.84. The van der Waals surface area contributed by atoms with Crippen LogP contribution in [0.25, 0.3) is 27.0 Å². The monoisotopic (exact) mass is 490 g/mol. The summed E-state index contributed by atoms with van der Waals surface area (Å²) in [6.45, 7) is -0.210. The highest BCUT2D eigenvalue weighted by Gasteiger charge is 2.35. The second-order valence-electron chi connectivity index (χ2n) is 7.21. The molecule has 0 saturated heterocycles. The van der Waals surface area contributed by atoms with Crippen LogP contribution >= 0.6 is 11.5 Å². The quantitative estimate of drug-likeness (QED) is 0.464. The van der Waals surface area contributed by atoms with Crippen LogP contribution in [0.3, 0.4) is 0 Å². The van der Waals surface area contributed by atoms with Crippen LogP contribution in [-0.4, -0.2) is 33.1 Å². The van der Waals surface area contributed by atoms with Gasteiger partial charge in [-0.3, -0.25) is 14.2 Å². The molecule has 0 unspecified atom stereocenters. The van der Waals surface area contributed by atoms with E-state index >= 15 is 0 Å². The number of nitrogens with one attached hydrogen (secondary N) is 1. The number of hydrogen-bond donors (Lipinski definition) is 1. The van der Waals surface area contributed by atoms with Crippen molar-refractivity contribution in [2.75, 3.05) is 13.7 Å². The van der Waals surface area contributed by atoms with E-state index in [9.17, 15) is 27.6 Å². The number of alkyl halides is 3. The molecule has 0 aliphatic carbocycles. The van der Waals surface area contributed by atoms with Gasteiger partial charge in [0.05, 0.1) is 16.1 Å². The maximum atomic E-state index is 13.2. The fraction of sp³-hybridized carbons (Fsp3) is 0.182. The van der Waals surface area contributed by atoms with Crippen molar-refractivity contribution in [1.82, 2.24) is 18.8 Å². The summed E-state index contributed by atoms with van der Waals surface area (Å²) >= 11 is 1.16. The molecule has 1 N–H and O–H groups in total. The predicted molar refractivity (Wildman–Crippen MR) is 120 cm³/mol. The Hall–Kier alpha value is -3.93. The first-order valence-corrected chi connectivity index (χ1v) is 10.6. The predicted octanol–water partition coefficient (Wildman–Crippen LogP) is 2.96. The molecule has 2 heterocycles. The van der Waals surface area contributed by atoms with Crippen molar-refractivity contribution in [3.8, 4) is 22.7 Å². The van der Waals surface area contributed by atoms with Gasteiger partial charge in [-0.25, -0.2) is 9.36 Å². The molecule has 0 bridgehead atoms. The number of halogens is 3. The highest BCUT2D eigenvalue weighted by molar-refractivity contribution is 7.13. The highest BCUT2D eigenvalue weighted by Crippen LogP contribution is 2.37. The average molecular weight is 490 g/mol. The molecular formula is C22H17F3N4O4S. The van der Waals surface area contributed by atoms with E-state index < -0.39 is 23.1 Å². The molecule has 0 spiro atoms. The van der Waals surface area contributed by atoms with Gasteiger partial charge in [0.2, 0.25) is 0 Å². The second kappa shape index (κ2) is 8.78. The molecule has 0 aliphatic heterocycles. The minimum atomic E-state index is -4.85. The Bertz CT molecular complexity index is 1520. The molecule has 0 atom stereocenters. The van der Waals surface area contributed by atoms with E-state index in [1.807, 2.05) is 0 Å². The molecule has 1 amide bonds. The van der Waals surface area contributed by atoms with Gasteiger partial charge in [-0.2, -0.15) is 17.5 Å². The Morgan fingerprint density at radius 2 is 1.88 bits per heavy atom. The Labute approximate surface area is 194 Å². The number of carbonyl (C=O) groups excluding carboxylic acids is 1. The fourth-order valence-corrected chi connectivity index (χ4v) is 4.17. The van der Waals surface area contributed by atoms with E-state index in [0.29, 0.717) is 37.6 Å². The molecule has 0 fully saturated rings. The fourth-order valence-electron chi connectivity index (χ4n) is 3.40. The summed E-state index contributed by atoms with van der Waals surface area (Å²) in [5, 5.41) is 3.02. The number of ether oxygens (including phenoxy) is 1. The van der Waals surface area contributed by atoms with Crippen molar-refractivity contribution in [2.45, 2.75) is 6.18 Å². The summed E-state index contributed by atoms with van der Waals surface area (Å²) in [6, 6.07) is 11.9. The van der Waals surface area contributed by atoms with Crippen molar-refractivity contribution in [1.29, 1.82) is 0 Å². The Morgan fingerprint density at radius 1 is 1.15 bits per heavy atom. The third kappa shape index (κ3) is 4.19. The highest BCUT2D eigenvalue weighted by atomic mass is 32.1. The van der Waals surface area contributed by atoms with Crippen LogP contribution < -0.4 is 21.3 Å². The summed E-state index contributed by atoms with van der Waals surface area (Å²) in [5.74, 6) is 0.0732. The number of amides is 1. The molecule has 34 heavy (non-hydrogen) atoms. The topological polar surface area (TPSA) is 95.2 Å². The van der Waals surface area contributed by atoms with Gasteiger partial charge in [-0.05, 0) is 41.9 Å². The molecule has 0 radical (unpaired) electrons. The van der Waals surface area contributed by atoms with Crippen LogP contribution in [0.5, 0.6) is 5.75 Å². The lowest BCUT2D eigenvalue weighted by molar-refractivity contribution is -0.144. The number of likely N-dealkylation sites (N-methyl/N-ethyl adjacent to an activating group) is 1. The summed E-state index contributed by atoms with van der Waals surface area (Å²) in [5.41, 5.74) is -2.42. The number of hydrogen-bond acceptors (Lipinski definition) is 6. The van der Waals surface area contributed by atoms with E-state index in [1.54, 1.807) is 30.3 Å². The number of rotatable bonds is 5. The van der Waals surface area contributed by atoms with Crippen LogP contribution in [0, 0.1) is 0 Å². The van der Waals surface area contributed by atoms with E-state index in [2.05, 4.69) is 9.69 Å². The van der Waals surface area contributed by atoms with Crippen molar-refractivity contribution in [2.24, 2.45) is 7.05 Å². The van der Waals surface area contributed by atoms with E-state index in [-0.39, 0.29) is 18.2 Å². The van der Waals surface area contributed by atoms with Crippen molar-refractivity contribution in [3.63, 3.8) is 0 Å². The second-order valence-corrected chi connectivity index (χ2v) is 8.02. The average Bonchev–Trinajstić information content (AvgIpc) is 3.22. The molecule has 12 heteroatoms. The molecule has 0 saturated carbocycles. The van der Waals surface area contributed by atoms with Crippen LogP contribution in [0.1, 0.15) is 5.69 Å². The van der Waals surface area contributed by atoms with Gasteiger partial charge in [0.1, 0.15) is 11.4 Å². The van der Waals surface area contributed by atoms with Crippen molar-refractivity contribution >= 4 is 27.5 Å². The summed E-state index contributed by atoms with van der Waals surface area (Å²) in [7, 11) is 2.44. The molecule has 0 aliphatic rings. The molecule has 2 aromatic heterocycles. The molecule has 176 valence electrons. The lowest BCUT2D eigenvalue weighted by atomic mass is 10.1. The van der Waals surface area contributed by atoms with Gasteiger partial charge in [0.25, 0.3) is 11.5 Å². The molecule has 4 aromatic rings. The summed E-state index contributed by atoms with van der Waals surface area (Å²) < 4.78 is 51.4. The lowest BCUT2D eigenvalue weighted by Gasteiger charge is -2.14. The Kier molecular flexibility index (Phi) is 6.00. The number of benzene rings is 2. The minimum absolute atomic E-state index is 0.0945. The van der Waals surface area contributed by atoms with Crippen LogP contribution in [0.4, 0.5) is 13.2 Å². The summed E-state index contributed by atoms with van der Waals surface area (Å²) in [6.07, 6.45) is -4.85. The number of aromatic nitrogens is 3. The van der Waals surface area contributed by atoms with E-state index in [0.717, 1.165) is 23.3 Å². The molecule has 4 rings (SSSR count). The van der Waals surface area contributed by atoms with Crippen LogP contribution in [0.15, 0.2) is 58.1 Å². The van der Waals surface area contributed by atoms with Crippen molar-refractivity contribution < 1.29 is 22.7 Å². The number of carbonyl (C=O) groups is 1. The van der Waals surface area contributed by atoms with E-state index in [1.165, 1.54) is 19.2 Å². The van der Waals surface area contributed by atoms with Gasteiger partial charge in [0, 0.05) is 31.1 Å². The molecule has 8 nitrogen and oxygen atoms in total. The van der Waals surface area contributed by atoms with Gasteiger partial charge >= 0.3 is 11.9 Å². The maximum Gasteiger partial charge on any atom is 0.431 e. The third-order valence-electron chi connectivity index (χ3n) is 5.10. The maximum absolute atomic E-state index is 13.2. The molecular weight excluding hydrogens is 473 g/mol. The zero-order chi connectivity index (χ0) is 24.6. The Balaban J connectivity index is 1.85. The zero-order valence-electron chi connectivity index (χ0n) is 17.8. The number of nitrogens with zero attached hydrogens (tertiary/aromatic N) is 3. The zero-order valence-corrected chi connectivity index (χ0v) is 18.7. The standard InChI is InChI=1S/C22H17F3N4O4S/c1-26-18(30)11-33-15-6-4-3-5-13(15)20-14-9-12(7-8-16(14)34-27-20)29-19(31)10-17(22(23,24)25)28(2)21(29)32/h3-10H,11H2,1-2H3,(H,26,30). The first kappa shape index (κ1) is 23.2. The van der Waals surface area contributed by atoms with Gasteiger partial charge in [-0.1, -0.05) is 12.1 Å². The minimum Gasteiger partial charge on any atom is -0.483 e. The molecule has 2 aromatic carbocycles. The van der Waals surface area contributed by atoms with Crippen LogP contribution in [0.2, 0.25) is 0 Å². The largest absolute Gasteiger partial charge is 0.483 e. The lowest BCUT2D eigenvalue weighted by Crippen LogP contribution is -2.40. The SMILES string of the molecule is CNC(=O)COc1ccccc1-c1nsc2ccc(-n3c(=O)cc(C(F)(F)F)n(C)c3=O)cc12. The van der Waals surface area contributed by atoms with E-state index in [4.69, 9.17) is 4.74 Å². The third-order valence-corrected chi connectivity index (χ3v) is 5.93. The van der Waals surface area contributed by atoms with Gasteiger partial charge in [-0.15, -0.1) is 0 Å². The van der Waals surface area contributed by atoms with Gasteiger partial charge in [0.15, 0.2) is 6.61 Å². The van der Waals surface area contributed by atoms with Crippen LogP contribution in [-0.2, 0) is 18.0 Å². The smallest absolute Gasteiger partial charge is 0.431 e. The summed E-state index contributed by atoms with van der Waals surface area (Å²) in [4.78, 5) is 36.8. The van der Waals surface area contributed by atoms with Crippen molar-refractivity contribution in [3.05, 3.63) is 75.1 Å². The normalized spacial score (nSPS) is 11.6. The number of para-hydroxylation sites is 1. The Morgan fingerprint density at radius 3 is 2.59 bits per heavy atom. The first-order chi connectivity index (χ1) is 16.1. The van der Waals surface area contributed by atoms with Gasteiger partial charge < -0.3 is 10.1 Å².